The smallest absolute Gasteiger partial charge is 0.306 e. The van der Waals surface area contributed by atoms with Gasteiger partial charge in [0, 0.05) is 5.92 Å². The highest BCUT2D eigenvalue weighted by Crippen LogP contribution is 2.48. The second-order valence-corrected chi connectivity index (χ2v) is 2.76. The molecule has 0 amide bonds. The van der Waals surface area contributed by atoms with E-state index in [2.05, 4.69) is 4.74 Å². The van der Waals surface area contributed by atoms with Crippen molar-refractivity contribution in [1.29, 1.82) is 0 Å². The number of ether oxygens (including phenoxy) is 1. The Morgan fingerprint density at radius 1 is 1.73 bits per heavy atom. The molecule has 0 aliphatic heterocycles. The van der Waals surface area contributed by atoms with Gasteiger partial charge in [0.2, 0.25) is 0 Å². The molecule has 0 bridgehead atoms. The van der Waals surface area contributed by atoms with Crippen LogP contribution in [0.4, 0.5) is 8.63 Å². The minimum Gasteiger partial charge on any atom is -0.481 e. The van der Waals surface area contributed by atoms with E-state index in [1.54, 1.807) is 6.92 Å². The van der Waals surface area contributed by atoms with E-state index in [-0.39, 0.29) is 6.61 Å². The molecule has 0 unspecified atom stereocenters. The van der Waals surface area contributed by atoms with Crippen LogP contribution in [-0.4, -0.2) is 19.8 Å². The topological polar surface area (TPSA) is 26.3 Å². The summed E-state index contributed by atoms with van der Waals surface area (Å²) in [4.78, 5) is 10.8. The van der Waals surface area contributed by atoms with E-state index in [0.29, 0.717) is 6.42 Å². The normalized spacial score (nSPS) is 28.7. The van der Waals surface area contributed by atoms with Crippen LogP contribution in [0.2, 0.25) is 5.82 Å². The molecule has 0 heterocycles. The lowest BCUT2D eigenvalue weighted by Gasteiger charge is -2.03. The van der Waals surface area contributed by atoms with Gasteiger partial charge in [-0.2, -0.15) is 0 Å². The van der Waals surface area contributed by atoms with Gasteiger partial charge in [-0.1, -0.05) is 12.2 Å². The zero-order valence-electron chi connectivity index (χ0n) is 6.35. The Morgan fingerprint density at radius 3 is 2.73 bits per heavy atom. The first-order valence-electron chi connectivity index (χ1n) is 3.79. The largest absolute Gasteiger partial charge is 0.481 e. The molecule has 1 aliphatic carbocycles. The van der Waals surface area contributed by atoms with Crippen molar-refractivity contribution in [1.82, 2.24) is 0 Å². The fourth-order valence-electron chi connectivity index (χ4n) is 1.13. The van der Waals surface area contributed by atoms with E-state index in [1.807, 2.05) is 0 Å². The Labute approximate surface area is 64.1 Å². The molecule has 2 atom stereocenters. The summed E-state index contributed by atoms with van der Waals surface area (Å²) in [5.41, 5.74) is 0. The van der Waals surface area contributed by atoms with Gasteiger partial charge in [0.05, 0.1) is 6.61 Å². The zero-order valence-corrected chi connectivity index (χ0v) is 6.35. The lowest BCUT2D eigenvalue weighted by molar-refractivity contribution is -0.144. The second-order valence-electron chi connectivity index (χ2n) is 2.76. The number of esters is 1. The van der Waals surface area contributed by atoms with Crippen molar-refractivity contribution in [3.63, 3.8) is 0 Å². The van der Waals surface area contributed by atoms with Gasteiger partial charge in [-0.3, -0.25) is 4.79 Å². The SMILES string of the molecule is CCOC(=O)[C@H]1C[C@@H]1[BH-](F)F. The molecule has 5 heteroatoms. The summed E-state index contributed by atoms with van der Waals surface area (Å²) >= 11 is 0. The van der Waals surface area contributed by atoms with Crippen LogP contribution in [-0.2, 0) is 9.53 Å². The van der Waals surface area contributed by atoms with Gasteiger partial charge in [-0.25, -0.2) is 0 Å². The highest BCUT2D eigenvalue weighted by atomic mass is 19.2. The molecule has 1 aliphatic rings. The lowest BCUT2D eigenvalue weighted by atomic mass is 9.88. The fraction of sp³-hybridized carbons (Fsp3) is 0.833. The molecule has 1 fully saturated rings. The third-order valence-electron chi connectivity index (χ3n) is 1.91. The third-order valence-corrected chi connectivity index (χ3v) is 1.91. The lowest BCUT2D eigenvalue weighted by Crippen LogP contribution is -2.09. The average molecular weight is 163 g/mol. The van der Waals surface area contributed by atoms with Crippen molar-refractivity contribution >= 4 is 13.2 Å². The van der Waals surface area contributed by atoms with Crippen LogP contribution < -0.4 is 0 Å². The maximum Gasteiger partial charge on any atom is 0.306 e. The number of halogens is 2. The molecule has 0 spiro atoms. The summed E-state index contributed by atoms with van der Waals surface area (Å²) in [7, 11) is -3.09. The van der Waals surface area contributed by atoms with Gasteiger partial charge < -0.3 is 13.4 Å². The highest BCUT2D eigenvalue weighted by Gasteiger charge is 2.44. The summed E-state index contributed by atoms with van der Waals surface area (Å²) in [6, 6.07) is 0. The van der Waals surface area contributed by atoms with Crippen LogP contribution in [0.3, 0.4) is 0 Å². The van der Waals surface area contributed by atoms with Crippen LogP contribution in [0.5, 0.6) is 0 Å². The average Bonchev–Trinajstić information content (AvgIpc) is 2.65. The second kappa shape index (κ2) is 3.20. The molecule has 1 rings (SSSR count). The number of carbonyl (C=O) groups excluding carboxylic acids is 1. The van der Waals surface area contributed by atoms with Crippen LogP contribution in [0.15, 0.2) is 0 Å². The molecule has 2 nitrogen and oxygen atoms in total. The van der Waals surface area contributed by atoms with Gasteiger partial charge >= 0.3 is 5.97 Å². The third kappa shape index (κ3) is 1.91. The van der Waals surface area contributed by atoms with Crippen molar-refractivity contribution in [2.24, 2.45) is 5.92 Å². The summed E-state index contributed by atoms with van der Waals surface area (Å²) in [6.07, 6.45) is 0.325. The van der Waals surface area contributed by atoms with Gasteiger partial charge in [-0.15, -0.1) is 0 Å². The molecular weight excluding hydrogens is 153 g/mol. The zero-order chi connectivity index (χ0) is 8.43. The Morgan fingerprint density at radius 2 is 2.36 bits per heavy atom. The molecule has 0 saturated heterocycles. The minimum atomic E-state index is -3.09. The molecular formula is C6H10BF2O2-. The van der Waals surface area contributed by atoms with Crippen LogP contribution in [0, 0.1) is 5.92 Å². The van der Waals surface area contributed by atoms with Crippen LogP contribution >= 0.6 is 0 Å². The molecule has 0 aromatic heterocycles. The van der Waals surface area contributed by atoms with Gasteiger partial charge in [0.15, 0.2) is 0 Å². The summed E-state index contributed by atoms with van der Waals surface area (Å²) in [6.45, 7) is 1.95. The molecule has 11 heavy (non-hydrogen) atoms. The van der Waals surface area contributed by atoms with Gasteiger partial charge in [0.25, 0.3) is 7.27 Å². The van der Waals surface area contributed by atoms with Crippen molar-refractivity contribution in [2.45, 2.75) is 19.2 Å². The molecule has 1 saturated carbocycles. The summed E-state index contributed by atoms with van der Waals surface area (Å²) in [5.74, 6) is -1.61. The molecule has 64 valence electrons. The Balaban J connectivity index is 2.26. The maximum atomic E-state index is 11.9. The minimum absolute atomic E-state index is 0.278. The quantitative estimate of drug-likeness (QED) is 0.459. The van der Waals surface area contributed by atoms with Crippen LogP contribution in [0.25, 0.3) is 0 Å². The summed E-state index contributed by atoms with van der Waals surface area (Å²) in [5, 5.41) is 0. The van der Waals surface area contributed by atoms with E-state index in [0.717, 1.165) is 0 Å². The predicted molar refractivity (Wildman–Crippen MR) is 37.9 cm³/mol. The number of carbonyl (C=O) groups is 1. The van der Waals surface area contributed by atoms with E-state index in [4.69, 9.17) is 0 Å². The molecule has 0 radical (unpaired) electrons. The first-order valence-corrected chi connectivity index (χ1v) is 3.79. The Hall–Kier alpha value is -0.605. The van der Waals surface area contributed by atoms with Crippen molar-refractivity contribution < 1.29 is 18.2 Å². The predicted octanol–water partition coefficient (Wildman–Crippen LogP) is 1.10. The standard InChI is InChI=1S/C6H10BF2O2/c1-2-11-6(10)4-3-5(4)7(8)9/h4-5,7H,2-3H2,1H3/q-1/t4-,5-/m0/s1. The van der Waals surface area contributed by atoms with Gasteiger partial charge in [-0.05, 0) is 6.92 Å². The molecule has 0 aromatic carbocycles. The number of hydrogen-bond acceptors (Lipinski definition) is 2. The number of rotatable bonds is 3. The Kier molecular flexibility index (Phi) is 2.47. The monoisotopic (exact) mass is 163 g/mol. The fourth-order valence-corrected chi connectivity index (χ4v) is 1.13. The Bertz CT molecular complexity index is 163. The van der Waals surface area contributed by atoms with E-state index < -0.39 is 25.0 Å². The van der Waals surface area contributed by atoms with Crippen LogP contribution in [0.1, 0.15) is 13.3 Å². The summed E-state index contributed by atoms with van der Waals surface area (Å²) < 4.78 is 28.5. The highest BCUT2D eigenvalue weighted by molar-refractivity contribution is 6.46. The molecule has 0 aromatic rings. The van der Waals surface area contributed by atoms with Crippen molar-refractivity contribution in [3.8, 4) is 0 Å². The van der Waals surface area contributed by atoms with E-state index in [9.17, 15) is 13.4 Å². The number of hydrogen-bond donors (Lipinski definition) is 0. The first-order chi connectivity index (χ1) is 5.16. The molecule has 0 N–H and O–H groups in total. The van der Waals surface area contributed by atoms with Crippen molar-refractivity contribution in [2.75, 3.05) is 6.61 Å². The van der Waals surface area contributed by atoms with Crippen molar-refractivity contribution in [3.05, 3.63) is 0 Å². The maximum absolute atomic E-state index is 11.9. The van der Waals surface area contributed by atoms with E-state index >= 15 is 0 Å². The van der Waals surface area contributed by atoms with E-state index in [1.165, 1.54) is 0 Å². The first kappa shape index (κ1) is 8.49. The van der Waals surface area contributed by atoms with Gasteiger partial charge in [0.1, 0.15) is 0 Å².